The zero-order valence-corrected chi connectivity index (χ0v) is 12.7. The van der Waals surface area contributed by atoms with Gasteiger partial charge in [0.1, 0.15) is 0 Å². The highest BCUT2D eigenvalue weighted by molar-refractivity contribution is 7.83. The molecule has 0 unspecified atom stereocenters. The molecule has 1 aliphatic rings. The van der Waals surface area contributed by atoms with Crippen LogP contribution in [0.2, 0.25) is 0 Å². The fraction of sp³-hybridized carbons (Fsp3) is 1.00. The van der Waals surface area contributed by atoms with Crippen molar-refractivity contribution in [2.75, 3.05) is 11.0 Å². The summed E-state index contributed by atoms with van der Waals surface area (Å²) in [4.78, 5) is 0. The summed E-state index contributed by atoms with van der Waals surface area (Å²) in [5.41, 5.74) is 2.00. The maximum Gasteiger partial charge on any atom is 0.0332 e. The maximum atomic E-state index is 5.82. The quantitative estimate of drug-likeness (QED) is 0.453. The third-order valence-electron chi connectivity index (χ3n) is 0.996. The predicted octanol–water partition coefficient (Wildman–Crippen LogP) is -0.821. The topological polar surface area (TPSA) is 0 Å². The van der Waals surface area contributed by atoms with Crippen LogP contribution in [0.4, 0.5) is 0 Å². The van der Waals surface area contributed by atoms with Gasteiger partial charge in [0.15, 0.2) is 0 Å². The molecule has 0 aromatic rings. The second-order valence-electron chi connectivity index (χ2n) is 1.72. The molecule has 10 heavy (non-hydrogen) atoms. The van der Waals surface area contributed by atoms with E-state index in [0.29, 0.717) is 0 Å². The molecule has 1 saturated heterocycles. The Morgan fingerprint density at radius 1 is 0.800 bits per heavy atom. The van der Waals surface area contributed by atoms with Crippen molar-refractivity contribution in [2.45, 2.75) is 0 Å². The smallest absolute Gasteiger partial charge is 0.0332 e. The van der Waals surface area contributed by atoms with Gasteiger partial charge in [-0.15, -0.1) is 23.2 Å². The van der Waals surface area contributed by atoms with E-state index in [4.69, 9.17) is 23.2 Å². The van der Waals surface area contributed by atoms with Gasteiger partial charge in [-0.25, -0.2) is 0 Å². The average molecular weight is 267 g/mol. The van der Waals surface area contributed by atoms with Crippen LogP contribution in [0.15, 0.2) is 0 Å². The Morgan fingerprint density at radius 2 is 1.10 bits per heavy atom. The Balaban J connectivity index is 2.17. The normalized spacial score (nSPS) is 23.4. The van der Waals surface area contributed by atoms with Crippen LogP contribution < -0.4 is 0 Å². The first-order valence-electron chi connectivity index (χ1n) is 2.74. The molecule has 0 saturated carbocycles. The minimum absolute atomic E-state index is 0.0173. The van der Waals surface area contributed by atoms with E-state index in [0.717, 1.165) is 11.0 Å². The van der Waals surface area contributed by atoms with E-state index in [1.54, 1.807) is 0 Å². The van der Waals surface area contributed by atoms with Gasteiger partial charge >= 0.3 is 0 Å². The van der Waals surface area contributed by atoms with E-state index >= 15 is 0 Å². The summed E-state index contributed by atoms with van der Waals surface area (Å²) >= 11 is 11.6. The summed E-state index contributed by atoms with van der Waals surface area (Å²) in [5, 5.41) is 0. The first-order valence-corrected chi connectivity index (χ1v) is 17.2. The second-order valence-corrected chi connectivity index (χ2v) is 29.0. The third-order valence-corrected chi connectivity index (χ3v) is 47.1. The molecule has 0 aromatic carbocycles. The molecule has 0 aromatic heterocycles. The van der Waals surface area contributed by atoms with Crippen molar-refractivity contribution in [3.05, 3.63) is 0 Å². The van der Waals surface area contributed by atoms with E-state index in [9.17, 15) is 0 Å². The Hall–Kier alpha value is 1.88. The number of hydrogen-bond donors (Lipinski definition) is 0. The van der Waals surface area contributed by atoms with Gasteiger partial charge in [-0.3, -0.25) is 0 Å². The van der Waals surface area contributed by atoms with Gasteiger partial charge in [0.2, 0.25) is 0 Å². The molecule has 0 spiro atoms. The molecule has 1 rings (SSSR count). The van der Waals surface area contributed by atoms with Gasteiger partial charge in [0.05, 0.1) is 0 Å². The molecule has 0 amide bonds. The highest BCUT2D eigenvalue weighted by Crippen LogP contribution is 1.93. The van der Waals surface area contributed by atoms with Crippen LogP contribution in [0.5, 0.6) is 0 Å². The molecule has 50 valence electrons. The number of alkyl halides is 2. The lowest BCUT2D eigenvalue weighted by molar-refractivity contribution is 2.13. The fourth-order valence-corrected chi connectivity index (χ4v) is 70.7. The monoisotopic (exact) mass is 266 g/mol. The zero-order valence-electron chi connectivity index (χ0n) is 5.17. The van der Waals surface area contributed by atoms with Crippen molar-refractivity contribution in [2.24, 2.45) is 0 Å². The number of rotatable bonds is 2. The summed E-state index contributed by atoms with van der Waals surface area (Å²) in [6, 6.07) is 0. The zero-order chi connectivity index (χ0) is 7.40. The molecular weight excluding hydrogens is 263 g/mol. The standard InChI is InChI=1S/C2H4Cl2Si6/c3-1-9-5-7-10(2-4)8-6-9/h1-2H2. The molecule has 1 heterocycles. The Labute approximate surface area is 83.7 Å². The average Bonchev–Trinajstić information content (AvgIpc) is 2.05. The maximum absolute atomic E-state index is 5.82. The predicted molar refractivity (Wildman–Crippen MR) is 56.0 cm³/mol. The van der Waals surface area contributed by atoms with Crippen LogP contribution >= 0.6 is 23.2 Å². The van der Waals surface area contributed by atoms with Crippen molar-refractivity contribution in [3.63, 3.8) is 0 Å². The number of halogens is 2. The molecule has 0 nitrogen and oxygen atoms in total. The Morgan fingerprint density at radius 3 is 1.30 bits per heavy atom. The van der Waals surface area contributed by atoms with E-state index in [1.165, 1.54) is 34.2 Å². The Kier molecular flexibility index (Phi) is 5.49. The van der Waals surface area contributed by atoms with Gasteiger partial charge in [0.25, 0.3) is 0 Å². The van der Waals surface area contributed by atoms with Crippen molar-refractivity contribution in [1.29, 1.82) is 0 Å². The van der Waals surface area contributed by atoms with Gasteiger partial charge in [-0.2, -0.15) is 0 Å². The first kappa shape index (κ1) is 9.97. The summed E-state index contributed by atoms with van der Waals surface area (Å²) in [6.07, 6.45) is 0. The minimum Gasteiger partial charge on any atom is -0.131 e. The van der Waals surface area contributed by atoms with E-state index < -0.39 is 0 Å². The van der Waals surface area contributed by atoms with Crippen LogP contribution in [0.25, 0.3) is 0 Å². The van der Waals surface area contributed by atoms with Crippen LogP contribution in [0.1, 0.15) is 0 Å². The Bertz CT molecular complexity index is 79.7. The highest BCUT2D eigenvalue weighted by Gasteiger charge is 2.23. The van der Waals surface area contributed by atoms with Crippen LogP contribution in [-0.4, -0.2) is 60.9 Å². The molecule has 0 N–H and O–H groups in total. The van der Waals surface area contributed by atoms with E-state index in [-0.39, 0.29) is 15.7 Å². The molecule has 1 fully saturated rings. The summed E-state index contributed by atoms with van der Waals surface area (Å²) in [5.74, 6) is 0. The molecule has 0 aliphatic carbocycles. The van der Waals surface area contributed by atoms with Crippen molar-refractivity contribution in [1.82, 2.24) is 0 Å². The molecule has 10 radical (unpaired) electrons. The lowest BCUT2D eigenvalue weighted by Gasteiger charge is -2.20. The first-order chi connectivity index (χ1) is 4.86. The van der Waals surface area contributed by atoms with Gasteiger partial charge in [-0.1, -0.05) is 0 Å². The summed E-state index contributed by atoms with van der Waals surface area (Å²) in [6.45, 7) is 0. The van der Waals surface area contributed by atoms with Gasteiger partial charge in [0, 0.05) is 60.9 Å². The number of hydrogen-bond acceptors (Lipinski definition) is 0. The van der Waals surface area contributed by atoms with Crippen molar-refractivity contribution < 1.29 is 0 Å². The minimum atomic E-state index is -0.0173. The fourth-order valence-electron chi connectivity index (χ4n) is 0.498. The lowest BCUT2D eigenvalue weighted by Crippen LogP contribution is -2.56. The molecule has 1 aliphatic heterocycles. The molecule has 0 atom stereocenters. The summed E-state index contributed by atoms with van der Waals surface area (Å²) < 4.78 is 0. The summed E-state index contributed by atoms with van der Waals surface area (Å²) in [7, 11) is 5.00. The molecule has 0 bridgehead atoms. The SMILES string of the molecule is ClC[Si]1[Si][Si][Si](CCl)[Si][Si]1. The van der Waals surface area contributed by atoms with Gasteiger partial charge < -0.3 is 0 Å². The van der Waals surface area contributed by atoms with E-state index in [2.05, 4.69) is 0 Å². The van der Waals surface area contributed by atoms with Crippen LogP contribution in [0, 0.1) is 0 Å². The molecular formula is C2H4Cl2Si6. The van der Waals surface area contributed by atoms with E-state index in [1.807, 2.05) is 0 Å². The lowest BCUT2D eigenvalue weighted by atomic mass is 11.9. The largest absolute Gasteiger partial charge is 0.131 e. The van der Waals surface area contributed by atoms with Crippen molar-refractivity contribution >= 4 is 73.1 Å². The van der Waals surface area contributed by atoms with Crippen molar-refractivity contribution in [3.8, 4) is 0 Å². The van der Waals surface area contributed by atoms with Crippen LogP contribution in [-0.2, 0) is 0 Å². The van der Waals surface area contributed by atoms with Crippen LogP contribution in [0.3, 0.4) is 0 Å². The molecule has 8 heteroatoms. The highest BCUT2D eigenvalue weighted by atomic mass is 35.5. The third kappa shape index (κ3) is 3.09. The second kappa shape index (κ2) is 5.51. The van der Waals surface area contributed by atoms with Gasteiger partial charge in [-0.05, 0) is 0 Å².